The molecular formula is C28H31FN8O2S. The monoisotopic (exact) mass is 562 g/mol. The summed E-state index contributed by atoms with van der Waals surface area (Å²) in [5.41, 5.74) is 2.17. The van der Waals surface area contributed by atoms with Crippen LogP contribution in [0, 0.1) is 17.1 Å². The summed E-state index contributed by atoms with van der Waals surface area (Å²) < 4.78 is 20.7. The smallest absolute Gasteiger partial charge is 0.407 e. The maximum Gasteiger partial charge on any atom is 0.407 e. The average Bonchev–Trinajstić information content (AvgIpc) is 3.63. The minimum absolute atomic E-state index is 0.0481. The fourth-order valence-electron chi connectivity index (χ4n) is 4.68. The van der Waals surface area contributed by atoms with E-state index >= 15 is 0 Å². The molecule has 1 saturated heterocycles. The predicted molar refractivity (Wildman–Crippen MR) is 153 cm³/mol. The summed E-state index contributed by atoms with van der Waals surface area (Å²) >= 11 is 1.26. The van der Waals surface area contributed by atoms with Crippen molar-refractivity contribution in [2.45, 2.75) is 52.2 Å². The minimum Gasteiger partial charge on any atom is -0.444 e. The van der Waals surface area contributed by atoms with E-state index in [9.17, 15) is 14.4 Å². The molecular weight excluding hydrogens is 531 g/mol. The van der Waals surface area contributed by atoms with Crippen LogP contribution >= 0.6 is 11.3 Å². The van der Waals surface area contributed by atoms with Gasteiger partial charge in [0.05, 0.1) is 11.7 Å². The number of anilines is 3. The number of aryl methyl sites for hydroxylation is 1. The highest BCUT2D eigenvalue weighted by Gasteiger charge is 2.28. The fraction of sp³-hybridized carbons (Fsp3) is 0.393. The summed E-state index contributed by atoms with van der Waals surface area (Å²) in [5, 5.41) is 18.3. The zero-order chi connectivity index (χ0) is 28.6. The van der Waals surface area contributed by atoms with Crippen LogP contribution < -0.4 is 15.1 Å². The van der Waals surface area contributed by atoms with Gasteiger partial charge in [0.25, 0.3) is 0 Å². The molecule has 3 aromatic heterocycles. The third kappa shape index (κ3) is 5.56. The van der Waals surface area contributed by atoms with Crippen LogP contribution in [0.25, 0.3) is 16.9 Å². The quantitative estimate of drug-likeness (QED) is 0.337. The lowest BCUT2D eigenvalue weighted by atomic mass is 10.1. The summed E-state index contributed by atoms with van der Waals surface area (Å²) in [4.78, 5) is 26.2. The zero-order valence-electron chi connectivity index (χ0n) is 23.1. The van der Waals surface area contributed by atoms with E-state index < -0.39 is 11.7 Å². The molecule has 5 rings (SSSR count). The highest BCUT2D eigenvalue weighted by molar-refractivity contribution is 7.16. The molecule has 1 aliphatic rings. The number of carbonyl (C=O) groups is 1. The van der Waals surface area contributed by atoms with Crippen molar-refractivity contribution < 1.29 is 13.9 Å². The van der Waals surface area contributed by atoms with Crippen LogP contribution in [-0.2, 0) is 11.2 Å². The minimum atomic E-state index is -0.555. The van der Waals surface area contributed by atoms with Gasteiger partial charge < -0.3 is 19.9 Å². The van der Waals surface area contributed by atoms with E-state index in [1.165, 1.54) is 23.5 Å². The van der Waals surface area contributed by atoms with E-state index in [1.807, 2.05) is 51.8 Å². The zero-order valence-corrected chi connectivity index (χ0v) is 23.9. The Balaban J connectivity index is 1.43. The molecule has 1 atom stereocenters. The number of amides is 1. The summed E-state index contributed by atoms with van der Waals surface area (Å²) in [6.45, 7) is 8.89. The van der Waals surface area contributed by atoms with Gasteiger partial charge in [0.15, 0.2) is 16.6 Å². The average molecular weight is 563 g/mol. The Bertz CT molecular complexity index is 1580. The Morgan fingerprint density at radius 1 is 1.25 bits per heavy atom. The van der Waals surface area contributed by atoms with Crippen molar-refractivity contribution in [3.05, 3.63) is 52.8 Å². The number of alkyl carbamates (subject to hydrolysis) is 1. The molecule has 1 N–H and O–H groups in total. The van der Waals surface area contributed by atoms with E-state index in [0.29, 0.717) is 39.9 Å². The molecule has 40 heavy (non-hydrogen) atoms. The Morgan fingerprint density at radius 3 is 2.67 bits per heavy atom. The van der Waals surface area contributed by atoms with Crippen molar-refractivity contribution in [2.24, 2.45) is 0 Å². The molecule has 1 fully saturated rings. The largest absolute Gasteiger partial charge is 0.444 e. The van der Waals surface area contributed by atoms with Gasteiger partial charge in [-0.25, -0.2) is 19.2 Å². The molecule has 208 valence electrons. The van der Waals surface area contributed by atoms with Crippen LogP contribution in [0.1, 0.15) is 44.7 Å². The fourth-order valence-corrected chi connectivity index (χ4v) is 5.53. The van der Waals surface area contributed by atoms with Gasteiger partial charge in [0.2, 0.25) is 0 Å². The number of halogens is 1. The second kappa shape index (κ2) is 10.7. The van der Waals surface area contributed by atoms with E-state index in [1.54, 1.807) is 16.6 Å². The van der Waals surface area contributed by atoms with E-state index in [2.05, 4.69) is 16.3 Å². The van der Waals surface area contributed by atoms with Gasteiger partial charge in [0.1, 0.15) is 33.9 Å². The second-order valence-corrected chi connectivity index (χ2v) is 11.6. The van der Waals surface area contributed by atoms with Crippen LogP contribution in [-0.4, -0.2) is 57.5 Å². The molecule has 10 nitrogen and oxygen atoms in total. The molecule has 0 bridgehead atoms. The van der Waals surface area contributed by atoms with Crippen LogP contribution in [0.2, 0.25) is 0 Å². The van der Waals surface area contributed by atoms with Gasteiger partial charge in [0, 0.05) is 25.7 Å². The molecule has 0 aliphatic carbocycles. The van der Waals surface area contributed by atoms with Crippen molar-refractivity contribution in [3.63, 3.8) is 0 Å². The third-order valence-electron chi connectivity index (χ3n) is 6.52. The van der Waals surface area contributed by atoms with Crippen LogP contribution in [0.3, 0.4) is 0 Å². The lowest BCUT2D eigenvalue weighted by molar-refractivity contribution is 0.0509. The number of thiazole rings is 1. The Hall–Kier alpha value is -4.24. The lowest BCUT2D eigenvalue weighted by Gasteiger charge is -2.22. The molecule has 4 aromatic rings. The van der Waals surface area contributed by atoms with Crippen molar-refractivity contribution in [1.29, 1.82) is 5.26 Å². The van der Waals surface area contributed by atoms with Crippen molar-refractivity contribution >= 4 is 39.8 Å². The van der Waals surface area contributed by atoms with Gasteiger partial charge in [-0.2, -0.15) is 9.78 Å². The first-order valence-electron chi connectivity index (χ1n) is 13.1. The van der Waals surface area contributed by atoms with Crippen molar-refractivity contribution in [2.75, 3.05) is 29.9 Å². The number of fused-ring (bicyclic) bond motifs is 1. The topological polar surface area (TPSA) is 112 Å². The number of hydrogen-bond donors (Lipinski definition) is 1. The Labute approximate surface area is 236 Å². The predicted octanol–water partition coefficient (Wildman–Crippen LogP) is 5.30. The number of nitriles is 1. The van der Waals surface area contributed by atoms with E-state index in [-0.39, 0.29) is 11.9 Å². The number of imidazole rings is 1. The van der Waals surface area contributed by atoms with Crippen LogP contribution in [0.5, 0.6) is 0 Å². The van der Waals surface area contributed by atoms with E-state index in [4.69, 9.17) is 19.8 Å². The molecule has 0 spiro atoms. The first kappa shape index (κ1) is 27.3. The molecule has 0 saturated carbocycles. The standard InChI is InChI=1S/C28H31FN8O2S/c1-6-20-25(35(5)26-33-24(21(15-30)40-26)17-7-9-18(29)10-8-17)37-22(32-20)11-12-23(34-37)36-14-13-19(16-36)31-27(38)39-28(2,3)4/h7-12,19H,6,13-14,16H2,1-5H3,(H,31,38)/t19-/m1/s1. The summed E-state index contributed by atoms with van der Waals surface area (Å²) in [5.74, 6) is 1.17. The molecule has 0 radical (unpaired) electrons. The molecule has 1 aliphatic heterocycles. The van der Waals surface area contributed by atoms with Crippen molar-refractivity contribution in [1.82, 2.24) is 24.9 Å². The highest BCUT2D eigenvalue weighted by Crippen LogP contribution is 2.37. The number of ether oxygens (including phenoxy) is 1. The van der Waals surface area contributed by atoms with Gasteiger partial charge in [-0.05, 0) is 70.0 Å². The Morgan fingerprint density at radius 2 is 2.00 bits per heavy atom. The van der Waals surface area contributed by atoms with Gasteiger partial charge >= 0.3 is 6.09 Å². The molecule has 12 heteroatoms. The maximum absolute atomic E-state index is 13.5. The van der Waals surface area contributed by atoms with Crippen LogP contribution in [0.15, 0.2) is 36.4 Å². The summed E-state index contributed by atoms with van der Waals surface area (Å²) in [6, 6.07) is 12.0. The molecule has 4 heterocycles. The van der Waals surface area contributed by atoms with Crippen molar-refractivity contribution in [3.8, 4) is 17.3 Å². The number of carbonyl (C=O) groups excluding carboxylic acids is 1. The van der Waals surface area contributed by atoms with Gasteiger partial charge in [-0.15, -0.1) is 5.10 Å². The number of nitrogens with one attached hydrogen (secondary N) is 1. The van der Waals surface area contributed by atoms with Gasteiger partial charge in [-0.3, -0.25) is 0 Å². The van der Waals surface area contributed by atoms with Gasteiger partial charge in [-0.1, -0.05) is 18.3 Å². The first-order valence-corrected chi connectivity index (χ1v) is 13.9. The number of benzene rings is 1. The normalized spacial score (nSPS) is 15.3. The lowest BCUT2D eigenvalue weighted by Crippen LogP contribution is -2.40. The number of hydrogen-bond acceptors (Lipinski definition) is 9. The highest BCUT2D eigenvalue weighted by atomic mass is 32.1. The SMILES string of the molecule is CCc1nc2ccc(N3CC[C@@H](NC(=O)OC(C)(C)C)C3)nn2c1N(C)c1nc(-c2ccc(F)cc2)c(C#N)s1. The van der Waals surface area contributed by atoms with E-state index in [0.717, 1.165) is 30.3 Å². The molecule has 1 aromatic carbocycles. The first-order chi connectivity index (χ1) is 19.1. The Kier molecular flexibility index (Phi) is 7.33. The summed E-state index contributed by atoms with van der Waals surface area (Å²) in [6.07, 6.45) is 1.03. The number of aromatic nitrogens is 4. The molecule has 0 unspecified atom stereocenters. The maximum atomic E-state index is 13.5. The number of rotatable bonds is 6. The third-order valence-corrected chi connectivity index (χ3v) is 7.55. The number of nitrogens with zero attached hydrogens (tertiary/aromatic N) is 7. The second-order valence-electron chi connectivity index (χ2n) is 10.6. The van der Waals surface area contributed by atoms with Crippen LogP contribution in [0.4, 0.5) is 26.0 Å². The summed E-state index contributed by atoms with van der Waals surface area (Å²) in [7, 11) is 1.88. The molecule has 1 amide bonds.